The average molecular weight is 190 g/mol. The molecule has 0 aromatic heterocycles. The van der Waals surface area contributed by atoms with E-state index in [0.717, 1.165) is 12.8 Å². The third-order valence-electron chi connectivity index (χ3n) is 1.58. The van der Waals surface area contributed by atoms with Gasteiger partial charge in [-0.3, -0.25) is 4.79 Å². The number of esters is 1. The van der Waals surface area contributed by atoms with Crippen molar-refractivity contribution in [2.75, 3.05) is 6.61 Å². The summed E-state index contributed by atoms with van der Waals surface area (Å²) in [5.41, 5.74) is 0. The van der Waals surface area contributed by atoms with Gasteiger partial charge in [0.15, 0.2) is 0 Å². The lowest BCUT2D eigenvalue weighted by Gasteiger charge is -2.05. The Morgan fingerprint density at radius 3 is 2.58 bits per heavy atom. The van der Waals surface area contributed by atoms with Crippen molar-refractivity contribution in [1.82, 2.24) is 0 Å². The van der Waals surface area contributed by atoms with Crippen molar-refractivity contribution in [2.45, 2.75) is 44.8 Å². The Hall–Kier alpha value is -0.180. The molecule has 0 spiro atoms. The lowest BCUT2D eigenvalue weighted by atomic mass is 10.2. The number of carbonyl (C=O) groups excluding carboxylic acids is 1. The lowest BCUT2D eigenvalue weighted by Crippen LogP contribution is -2.15. The van der Waals surface area contributed by atoms with Crippen molar-refractivity contribution in [2.24, 2.45) is 0 Å². The van der Waals surface area contributed by atoms with Crippen LogP contribution in [0.3, 0.4) is 0 Å². The number of thiol groups is 1. The predicted molar refractivity (Wildman–Crippen MR) is 53.5 cm³/mol. The Labute approximate surface area is 80.1 Å². The molecule has 0 saturated carbocycles. The topological polar surface area (TPSA) is 26.3 Å². The van der Waals surface area contributed by atoms with Crippen molar-refractivity contribution in [3.05, 3.63) is 0 Å². The quantitative estimate of drug-likeness (QED) is 0.395. The van der Waals surface area contributed by atoms with Gasteiger partial charge in [0, 0.05) is 0 Å². The van der Waals surface area contributed by atoms with E-state index in [2.05, 4.69) is 19.6 Å². The SMILES string of the molecule is CCCCCCOC(=O)C(C)S. The second-order valence-corrected chi connectivity index (χ2v) is 3.68. The molecule has 1 unspecified atom stereocenters. The molecule has 72 valence electrons. The van der Waals surface area contributed by atoms with Gasteiger partial charge in [0.25, 0.3) is 0 Å². The molecule has 0 saturated heterocycles. The van der Waals surface area contributed by atoms with Crippen LogP contribution >= 0.6 is 12.6 Å². The zero-order valence-corrected chi connectivity index (χ0v) is 8.77. The summed E-state index contributed by atoms with van der Waals surface area (Å²) in [4.78, 5) is 10.9. The largest absolute Gasteiger partial charge is 0.465 e. The molecule has 1 atom stereocenters. The summed E-state index contributed by atoms with van der Waals surface area (Å²) in [5, 5.41) is -0.295. The summed E-state index contributed by atoms with van der Waals surface area (Å²) < 4.78 is 4.93. The Morgan fingerprint density at radius 2 is 2.08 bits per heavy atom. The molecule has 0 radical (unpaired) electrons. The Balaban J connectivity index is 3.14. The van der Waals surface area contributed by atoms with Crippen molar-refractivity contribution < 1.29 is 9.53 Å². The molecule has 12 heavy (non-hydrogen) atoms. The first-order valence-corrected chi connectivity index (χ1v) is 5.04. The summed E-state index contributed by atoms with van der Waals surface area (Å²) in [5.74, 6) is -0.213. The summed E-state index contributed by atoms with van der Waals surface area (Å²) in [6.07, 6.45) is 4.54. The lowest BCUT2D eigenvalue weighted by molar-refractivity contribution is -0.142. The van der Waals surface area contributed by atoms with Gasteiger partial charge >= 0.3 is 5.97 Å². The third-order valence-corrected chi connectivity index (χ3v) is 1.79. The van der Waals surface area contributed by atoms with Crippen LogP contribution in [0.5, 0.6) is 0 Å². The van der Waals surface area contributed by atoms with E-state index in [9.17, 15) is 4.79 Å². The number of unbranched alkanes of at least 4 members (excludes halogenated alkanes) is 3. The maximum atomic E-state index is 10.9. The highest BCUT2D eigenvalue weighted by Crippen LogP contribution is 2.01. The first-order valence-electron chi connectivity index (χ1n) is 4.53. The summed E-state index contributed by atoms with van der Waals surface area (Å²) >= 11 is 3.96. The Morgan fingerprint density at radius 1 is 1.42 bits per heavy atom. The van der Waals surface area contributed by atoms with E-state index in [4.69, 9.17) is 4.74 Å². The minimum absolute atomic E-state index is 0.213. The van der Waals surface area contributed by atoms with Crippen LogP contribution in [0.4, 0.5) is 0 Å². The molecule has 0 fully saturated rings. The van der Waals surface area contributed by atoms with Gasteiger partial charge in [-0.25, -0.2) is 0 Å². The second kappa shape index (κ2) is 7.47. The fraction of sp³-hybridized carbons (Fsp3) is 0.889. The standard InChI is InChI=1S/C9H18O2S/c1-3-4-5-6-7-11-9(10)8(2)12/h8,12H,3-7H2,1-2H3. The molecule has 0 aliphatic carbocycles. The highest BCUT2D eigenvalue weighted by atomic mass is 32.1. The summed E-state index contributed by atoms with van der Waals surface area (Å²) in [6, 6.07) is 0. The number of carbonyl (C=O) groups is 1. The zero-order valence-electron chi connectivity index (χ0n) is 7.88. The molecule has 0 aromatic rings. The van der Waals surface area contributed by atoms with Crippen LogP contribution in [-0.2, 0) is 9.53 Å². The van der Waals surface area contributed by atoms with Crippen molar-refractivity contribution in [3.63, 3.8) is 0 Å². The van der Waals surface area contributed by atoms with Gasteiger partial charge in [0.2, 0.25) is 0 Å². The molecule has 3 heteroatoms. The molecular weight excluding hydrogens is 172 g/mol. The predicted octanol–water partition coefficient (Wildman–Crippen LogP) is 2.43. The molecule has 0 aliphatic rings. The van der Waals surface area contributed by atoms with Gasteiger partial charge in [-0.05, 0) is 13.3 Å². The van der Waals surface area contributed by atoms with E-state index in [-0.39, 0.29) is 11.2 Å². The van der Waals surface area contributed by atoms with Gasteiger partial charge in [-0.1, -0.05) is 26.2 Å². The third kappa shape index (κ3) is 6.53. The minimum Gasteiger partial charge on any atom is -0.465 e. The molecule has 2 nitrogen and oxygen atoms in total. The van der Waals surface area contributed by atoms with Gasteiger partial charge in [0.1, 0.15) is 0 Å². The van der Waals surface area contributed by atoms with Crippen LogP contribution in [-0.4, -0.2) is 17.8 Å². The first-order chi connectivity index (χ1) is 5.68. The van der Waals surface area contributed by atoms with Crippen molar-refractivity contribution in [1.29, 1.82) is 0 Å². The van der Waals surface area contributed by atoms with Crippen molar-refractivity contribution in [3.8, 4) is 0 Å². The molecule has 0 heterocycles. The van der Waals surface area contributed by atoms with Crippen LogP contribution < -0.4 is 0 Å². The maximum absolute atomic E-state index is 10.9. The molecule has 0 aromatic carbocycles. The van der Waals surface area contributed by atoms with Gasteiger partial charge in [-0.15, -0.1) is 0 Å². The average Bonchev–Trinajstić information content (AvgIpc) is 2.03. The summed E-state index contributed by atoms with van der Waals surface area (Å²) in [7, 11) is 0. The molecular formula is C9H18O2S. The normalized spacial score (nSPS) is 12.6. The number of hydrogen-bond donors (Lipinski definition) is 1. The van der Waals surface area contributed by atoms with Gasteiger partial charge in [0.05, 0.1) is 11.9 Å². The van der Waals surface area contributed by atoms with Crippen LogP contribution in [0.2, 0.25) is 0 Å². The first kappa shape index (κ1) is 11.8. The zero-order chi connectivity index (χ0) is 9.40. The van der Waals surface area contributed by atoms with Crippen LogP contribution in [0.15, 0.2) is 0 Å². The van der Waals surface area contributed by atoms with E-state index in [1.807, 2.05) is 0 Å². The monoisotopic (exact) mass is 190 g/mol. The van der Waals surface area contributed by atoms with E-state index >= 15 is 0 Å². The van der Waals surface area contributed by atoms with Gasteiger partial charge in [-0.2, -0.15) is 12.6 Å². The van der Waals surface area contributed by atoms with Gasteiger partial charge < -0.3 is 4.74 Å². The fourth-order valence-electron chi connectivity index (χ4n) is 0.822. The van der Waals surface area contributed by atoms with Crippen molar-refractivity contribution >= 4 is 18.6 Å². The number of rotatable bonds is 6. The molecule has 0 aliphatic heterocycles. The summed E-state index contributed by atoms with van der Waals surface area (Å²) in [6.45, 7) is 4.42. The Kier molecular flexibility index (Phi) is 7.36. The van der Waals surface area contributed by atoms with E-state index in [0.29, 0.717) is 6.61 Å². The van der Waals surface area contributed by atoms with E-state index in [1.165, 1.54) is 12.8 Å². The van der Waals surface area contributed by atoms with E-state index < -0.39 is 0 Å². The minimum atomic E-state index is -0.295. The molecule has 0 N–H and O–H groups in total. The van der Waals surface area contributed by atoms with E-state index in [1.54, 1.807) is 6.92 Å². The Bertz CT molecular complexity index is 124. The molecule has 0 amide bonds. The second-order valence-electron chi connectivity index (χ2n) is 2.90. The van der Waals surface area contributed by atoms with Crippen LogP contribution in [0.25, 0.3) is 0 Å². The molecule has 0 rings (SSSR count). The fourth-order valence-corrected chi connectivity index (χ4v) is 0.897. The van der Waals surface area contributed by atoms with Crippen LogP contribution in [0, 0.1) is 0 Å². The smallest absolute Gasteiger partial charge is 0.318 e. The molecule has 0 bridgehead atoms. The number of hydrogen-bond acceptors (Lipinski definition) is 3. The maximum Gasteiger partial charge on any atom is 0.318 e. The highest BCUT2D eigenvalue weighted by molar-refractivity contribution is 7.81. The highest BCUT2D eigenvalue weighted by Gasteiger charge is 2.07. The van der Waals surface area contributed by atoms with Crippen LogP contribution in [0.1, 0.15) is 39.5 Å². The number of ether oxygens (including phenoxy) is 1.